The topological polar surface area (TPSA) is 80.9 Å². The van der Waals surface area contributed by atoms with Crippen molar-refractivity contribution < 1.29 is 4.79 Å². The molecule has 0 fully saturated rings. The molecule has 0 saturated heterocycles. The molecular formula is C9H16N4OS. The van der Waals surface area contributed by atoms with E-state index in [1.54, 1.807) is 6.92 Å². The SMILES string of the molecule is CCC(C)[C@H](N)C(=O)Nc1nc(C)ns1. The van der Waals surface area contributed by atoms with E-state index >= 15 is 0 Å². The lowest BCUT2D eigenvalue weighted by atomic mass is 10.00. The highest BCUT2D eigenvalue weighted by Crippen LogP contribution is 2.12. The van der Waals surface area contributed by atoms with Crippen LogP contribution in [0.2, 0.25) is 0 Å². The number of aryl methyl sites for hydroxylation is 1. The number of nitrogens with zero attached hydrogens (tertiary/aromatic N) is 2. The van der Waals surface area contributed by atoms with Gasteiger partial charge in [-0.3, -0.25) is 10.1 Å². The Bertz CT molecular complexity index is 339. The monoisotopic (exact) mass is 228 g/mol. The molecule has 2 atom stereocenters. The summed E-state index contributed by atoms with van der Waals surface area (Å²) in [6.45, 7) is 5.74. The number of hydrogen-bond acceptors (Lipinski definition) is 5. The molecule has 1 unspecified atom stereocenters. The van der Waals surface area contributed by atoms with Crippen molar-refractivity contribution in [3.8, 4) is 0 Å². The zero-order chi connectivity index (χ0) is 11.4. The van der Waals surface area contributed by atoms with Crippen molar-refractivity contribution in [1.29, 1.82) is 0 Å². The molecule has 1 amide bonds. The quantitative estimate of drug-likeness (QED) is 0.810. The number of carbonyl (C=O) groups excluding carboxylic acids is 1. The third-order valence-corrected chi connectivity index (χ3v) is 3.04. The van der Waals surface area contributed by atoms with E-state index in [-0.39, 0.29) is 11.8 Å². The van der Waals surface area contributed by atoms with Gasteiger partial charge in [0.15, 0.2) is 0 Å². The van der Waals surface area contributed by atoms with Crippen molar-refractivity contribution in [2.24, 2.45) is 11.7 Å². The minimum Gasteiger partial charge on any atom is -0.320 e. The van der Waals surface area contributed by atoms with Gasteiger partial charge in [0.25, 0.3) is 0 Å². The Hall–Kier alpha value is -1.01. The summed E-state index contributed by atoms with van der Waals surface area (Å²) >= 11 is 1.17. The Morgan fingerprint density at radius 2 is 2.33 bits per heavy atom. The first-order valence-corrected chi connectivity index (χ1v) is 5.68. The van der Waals surface area contributed by atoms with Gasteiger partial charge in [-0.15, -0.1) is 0 Å². The van der Waals surface area contributed by atoms with E-state index in [1.807, 2.05) is 13.8 Å². The molecule has 5 nitrogen and oxygen atoms in total. The zero-order valence-corrected chi connectivity index (χ0v) is 9.97. The molecule has 0 aliphatic heterocycles. The van der Waals surface area contributed by atoms with E-state index in [9.17, 15) is 4.79 Å². The summed E-state index contributed by atoms with van der Waals surface area (Å²) in [4.78, 5) is 15.7. The van der Waals surface area contributed by atoms with Crippen LogP contribution in [0.15, 0.2) is 0 Å². The van der Waals surface area contributed by atoms with Crippen LogP contribution in [0, 0.1) is 12.8 Å². The Kier molecular flexibility index (Phi) is 4.16. The largest absolute Gasteiger partial charge is 0.320 e. The van der Waals surface area contributed by atoms with Crippen LogP contribution >= 0.6 is 11.5 Å². The van der Waals surface area contributed by atoms with Crippen molar-refractivity contribution in [3.05, 3.63) is 5.82 Å². The number of anilines is 1. The van der Waals surface area contributed by atoms with Gasteiger partial charge < -0.3 is 5.73 Å². The van der Waals surface area contributed by atoms with Crippen LogP contribution in [-0.4, -0.2) is 21.3 Å². The fraction of sp³-hybridized carbons (Fsp3) is 0.667. The second kappa shape index (κ2) is 5.18. The van der Waals surface area contributed by atoms with Crippen LogP contribution in [0.4, 0.5) is 5.13 Å². The lowest BCUT2D eigenvalue weighted by Gasteiger charge is -2.16. The molecule has 0 aliphatic carbocycles. The van der Waals surface area contributed by atoms with E-state index in [2.05, 4.69) is 14.7 Å². The van der Waals surface area contributed by atoms with Crippen LogP contribution in [0.1, 0.15) is 26.1 Å². The van der Waals surface area contributed by atoms with Crippen molar-refractivity contribution in [3.63, 3.8) is 0 Å². The lowest BCUT2D eigenvalue weighted by Crippen LogP contribution is -2.40. The van der Waals surface area contributed by atoms with Gasteiger partial charge in [0.05, 0.1) is 6.04 Å². The molecule has 1 aromatic rings. The summed E-state index contributed by atoms with van der Waals surface area (Å²) in [5.41, 5.74) is 5.77. The van der Waals surface area contributed by atoms with Gasteiger partial charge in [0.2, 0.25) is 11.0 Å². The van der Waals surface area contributed by atoms with Gasteiger partial charge in [-0.25, -0.2) is 4.98 Å². The highest BCUT2D eigenvalue weighted by atomic mass is 32.1. The van der Waals surface area contributed by atoms with Crippen molar-refractivity contribution in [2.75, 3.05) is 5.32 Å². The molecular weight excluding hydrogens is 212 g/mol. The maximum Gasteiger partial charge on any atom is 0.243 e. The summed E-state index contributed by atoms with van der Waals surface area (Å²) in [5, 5.41) is 3.17. The molecule has 6 heteroatoms. The van der Waals surface area contributed by atoms with Gasteiger partial charge in [-0.2, -0.15) is 4.37 Å². The number of aromatic nitrogens is 2. The molecule has 1 heterocycles. The number of hydrogen-bond donors (Lipinski definition) is 2. The van der Waals surface area contributed by atoms with Gasteiger partial charge in [0.1, 0.15) is 5.82 Å². The third kappa shape index (κ3) is 3.24. The van der Waals surface area contributed by atoms with Crippen LogP contribution in [-0.2, 0) is 4.79 Å². The average Bonchev–Trinajstić information content (AvgIpc) is 2.61. The number of carbonyl (C=O) groups is 1. The highest BCUT2D eigenvalue weighted by molar-refractivity contribution is 7.09. The molecule has 1 aromatic heterocycles. The minimum atomic E-state index is -0.487. The molecule has 0 aromatic carbocycles. The van der Waals surface area contributed by atoms with Gasteiger partial charge in [0, 0.05) is 11.5 Å². The lowest BCUT2D eigenvalue weighted by molar-refractivity contribution is -0.118. The third-order valence-electron chi connectivity index (χ3n) is 2.32. The van der Waals surface area contributed by atoms with Crippen molar-refractivity contribution in [1.82, 2.24) is 9.36 Å². The first kappa shape index (κ1) is 12.1. The van der Waals surface area contributed by atoms with Crippen LogP contribution in [0.25, 0.3) is 0 Å². The Morgan fingerprint density at radius 1 is 1.67 bits per heavy atom. The molecule has 1 rings (SSSR count). The number of nitrogens with one attached hydrogen (secondary N) is 1. The molecule has 0 radical (unpaired) electrons. The maximum absolute atomic E-state index is 11.6. The van der Waals surface area contributed by atoms with E-state index in [0.717, 1.165) is 6.42 Å². The number of nitrogens with two attached hydrogens (primary N) is 1. The highest BCUT2D eigenvalue weighted by Gasteiger charge is 2.20. The Labute approximate surface area is 93.3 Å². The molecule has 0 aliphatic rings. The van der Waals surface area contributed by atoms with E-state index in [0.29, 0.717) is 11.0 Å². The van der Waals surface area contributed by atoms with Gasteiger partial charge in [-0.05, 0) is 12.8 Å². The second-order valence-electron chi connectivity index (χ2n) is 3.55. The van der Waals surface area contributed by atoms with Crippen LogP contribution in [0.3, 0.4) is 0 Å². The standard InChI is InChI=1S/C9H16N4OS/c1-4-5(2)7(10)8(14)12-9-11-6(3)13-15-9/h5,7H,4,10H2,1-3H3,(H,11,12,13,14)/t5?,7-/m0/s1. The van der Waals surface area contributed by atoms with Crippen molar-refractivity contribution in [2.45, 2.75) is 33.2 Å². The first-order chi connectivity index (χ1) is 7.04. The molecule has 84 valence electrons. The van der Waals surface area contributed by atoms with Gasteiger partial charge in [-0.1, -0.05) is 20.3 Å². The minimum absolute atomic E-state index is 0.166. The number of amides is 1. The second-order valence-corrected chi connectivity index (χ2v) is 4.30. The Morgan fingerprint density at radius 3 is 2.80 bits per heavy atom. The molecule has 0 spiro atoms. The van der Waals surface area contributed by atoms with E-state index < -0.39 is 6.04 Å². The summed E-state index contributed by atoms with van der Waals surface area (Å²) in [6, 6.07) is -0.487. The summed E-state index contributed by atoms with van der Waals surface area (Å²) in [6.07, 6.45) is 0.879. The van der Waals surface area contributed by atoms with Crippen LogP contribution in [0.5, 0.6) is 0 Å². The smallest absolute Gasteiger partial charge is 0.243 e. The maximum atomic E-state index is 11.6. The first-order valence-electron chi connectivity index (χ1n) is 4.91. The van der Waals surface area contributed by atoms with Crippen molar-refractivity contribution >= 4 is 22.6 Å². The molecule has 0 bridgehead atoms. The summed E-state index contributed by atoms with van der Waals surface area (Å²) in [7, 11) is 0. The molecule has 15 heavy (non-hydrogen) atoms. The van der Waals surface area contributed by atoms with E-state index in [1.165, 1.54) is 11.5 Å². The zero-order valence-electron chi connectivity index (χ0n) is 9.15. The van der Waals surface area contributed by atoms with Crippen LogP contribution < -0.4 is 11.1 Å². The number of rotatable bonds is 4. The van der Waals surface area contributed by atoms with Gasteiger partial charge >= 0.3 is 0 Å². The molecule has 0 saturated carbocycles. The predicted octanol–water partition coefficient (Wildman–Crippen LogP) is 1.16. The average molecular weight is 228 g/mol. The summed E-state index contributed by atoms with van der Waals surface area (Å²) in [5.74, 6) is 0.631. The predicted molar refractivity (Wildman–Crippen MR) is 60.7 cm³/mol. The fourth-order valence-electron chi connectivity index (χ4n) is 1.05. The molecule has 3 N–H and O–H groups in total. The fourth-order valence-corrected chi connectivity index (χ4v) is 1.63. The summed E-state index contributed by atoms with van der Waals surface area (Å²) < 4.78 is 3.97. The Balaban J connectivity index is 2.55. The van der Waals surface area contributed by atoms with E-state index in [4.69, 9.17) is 5.73 Å². The normalized spacial score (nSPS) is 14.7.